The summed E-state index contributed by atoms with van der Waals surface area (Å²) in [6, 6.07) is 3.66. The molecule has 2 amide bonds. The maximum Gasteiger partial charge on any atom is 0.341 e. The summed E-state index contributed by atoms with van der Waals surface area (Å²) in [6.07, 6.45) is 4.23. The first-order valence-electron chi connectivity index (χ1n) is 12.5. The van der Waals surface area contributed by atoms with Crippen molar-refractivity contribution in [1.29, 1.82) is 0 Å². The number of benzene rings is 1. The highest BCUT2D eigenvalue weighted by molar-refractivity contribution is 5.79. The molecule has 1 atom stereocenters. The average Bonchev–Trinajstić information content (AvgIpc) is 3.48. The second-order valence-corrected chi connectivity index (χ2v) is 9.78. The van der Waals surface area contributed by atoms with E-state index in [1.54, 1.807) is 17.9 Å². The molecule has 2 aliphatic rings. The first-order chi connectivity index (χ1) is 18.7. The van der Waals surface area contributed by atoms with Crippen molar-refractivity contribution in [3.8, 4) is 17.1 Å². The zero-order valence-corrected chi connectivity index (χ0v) is 21.8. The zero-order valence-electron chi connectivity index (χ0n) is 21.8. The highest BCUT2D eigenvalue weighted by Crippen LogP contribution is 2.33. The normalized spacial score (nSPS) is 17.2. The molecule has 0 bridgehead atoms. The number of hydrazone groups is 1. The predicted octanol–water partition coefficient (Wildman–Crippen LogP) is 3.49. The second-order valence-electron chi connectivity index (χ2n) is 9.78. The minimum absolute atomic E-state index is 0.0184. The van der Waals surface area contributed by atoms with Gasteiger partial charge in [0.25, 0.3) is 0 Å². The molecule has 0 unspecified atom stereocenters. The highest BCUT2D eigenvalue weighted by atomic mass is 19.1. The Bertz CT molecular complexity index is 1370. The number of anilines is 1. The van der Waals surface area contributed by atoms with Crippen molar-refractivity contribution >= 4 is 17.9 Å². The van der Waals surface area contributed by atoms with E-state index in [2.05, 4.69) is 25.4 Å². The largest absolute Gasteiger partial charge is 0.483 e. The topological polar surface area (TPSA) is 91.1 Å². The van der Waals surface area contributed by atoms with E-state index < -0.39 is 35.6 Å². The van der Waals surface area contributed by atoms with Crippen molar-refractivity contribution in [1.82, 2.24) is 29.6 Å². The van der Waals surface area contributed by atoms with Gasteiger partial charge in [0.05, 0.1) is 42.9 Å². The molecule has 2 aromatic heterocycles. The van der Waals surface area contributed by atoms with Crippen LogP contribution in [0.15, 0.2) is 41.8 Å². The highest BCUT2D eigenvalue weighted by Gasteiger charge is 2.39. The van der Waals surface area contributed by atoms with E-state index in [0.717, 1.165) is 24.5 Å². The Labute approximate surface area is 223 Å². The number of rotatable bonds is 8. The Hall–Kier alpha value is -4.13. The molecule has 2 aliphatic heterocycles. The maximum absolute atomic E-state index is 14.6. The number of amides is 2. The number of likely N-dealkylation sites (N-methyl/N-ethyl adjacent to an activating group) is 1. The Morgan fingerprint density at radius 3 is 2.59 bits per heavy atom. The first kappa shape index (κ1) is 26.5. The second kappa shape index (κ2) is 10.9. The van der Waals surface area contributed by atoms with Crippen molar-refractivity contribution in [3.05, 3.63) is 59.7 Å². The third-order valence-corrected chi connectivity index (χ3v) is 6.58. The molecule has 39 heavy (non-hydrogen) atoms. The molecule has 0 radical (unpaired) electrons. The number of ether oxygens (including phenoxy) is 1. The van der Waals surface area contributed by atoms with Gasteiger partial charge in [-0.2, -0.15) is 10.2 Å². The van der Waals surface area contributed by atoms with Crippen LogP contribution in [0.1, 0.15) is 18.0 Å². The number of carbonyl (C=O) groups is 1. The summed E-state index contributed by atoms with van der Waals surface area (Å²) in [5, 5.41) is 12.9. The molecular formula is C26H29F3N8O2. The zero-order chi connectivity index (χ0) is 27.7. The van der Waals surface area contributed by atoms with Gasteiger partial charge in [0.2, 0.25) is 0 Å². The monoisotopic (exact) mass is 542 g/mol. The Kier molecular flexibility index (Phi) is 7.42. The van der Waals surface area contributed by atoms with Gasteiger partial charge in [-0.1, -0.05) is 0 Å². The summed E-state index contributed by atoms with van der Waals surface area (Å²) in [6.45, 7) is 1.92. The Morgan fingerprint density at radius 1 is 1.13 bits per heavy atom. The van der Waals surface area contributed by atoms with Crippen LogP contribution >= 0.6 is 0 Å². The third-order valence-electron chi connectivity index (χ3n) is 6.58. The van der Waals surface area contributed by atoms with Crippen molar-refractivity contribution in [3.63, 3.8) is 0 Å². The molecule has 206 valence electrons. The van der Waals surface area contributed by atoms with E-state index >= 15 is 0 Å². The quantitative estimate of drug-likeness (QED) is 0.469. The smallest absolute Gasteiger partial charge is 0.341 e. The van der Waals surface area contributed by atoms with Gasteiger partial charge in [0.15, 0.2) is 11.6 Å². The van der Waals surface area contributed by atoms with Crippen LogP contribution in [-0.4, -0.2) is 88.2 Å². The summed E-state index contributed by atoms with van der Waals surface area (Å²) in [5.74, 6) is -2.04. The lowest BCUT2D eigenvalue weighted by molar-refractivity contribution is 0.0256. The van der Waals surface area contributed by atoms with Crippen molar-refractivity contribution in [2.45, 2.75) is 18.6 Å². The summed E-state index contributed by atoms with van der Waals surface area (Å²) < 4.78 is 49.6. The molecule has 4 heterocycles. The minimum atomic E-state index is -0.719. The van der Waals surface area contributed by atoms with Crippen LogP contribution in [0.4, 0.5) is 23.7 Å². The Morgan fingerprint density at radius 2 is 1.87 bits per heavy atom. The summed E-state index contributed by atoms with van der Waals surface area (Å²) >= 11 is 0. The molecule has 0 aliphatic carbocycles. The van der Waals surface area contributed by atoms with Gasteiger partial charge in [-0.05, 0) is 31.8 Å². The predicted molar refractivity (Wildman–Crippen MR) is 139 cm³/mol. The number of urea groups is 1. The van der Waals surface area contributed by atoms with Gasteiger partial charge in [0, 0.05) is 44.9 Å². The van der Waals surface area contributed by atoms with Crippen molar-refractivity contribution < 1.29 is 22.7 Å². The van der Waals surface area contributed by atoms with Gasteiger partial charge >= 0.3 is 6.03 Å². The number of carbonyl (C=O) groups excluding carboxylic acids is 1. The maximum atomic E-state index is 14.6. The molecular weight excluding hydrogens is 513 g/mol. The molecule has 0 spiro atoms. The summed E-state index contributed by atoms with van der Waals surface area (Å²) in [7, 11) is 5.74. The number of likely N-dealkylation sites (tertiary alicyclic amines) is 1. The van der Waals surface area contributed by atoms with Crippen LogP contribution in [0.2, 0.25) is 0 Å². The fourth-order valence-electron chi connectivity index (χ4n) is 4.56. The van der Waals surface area contributed by atoms with Crippen LogP contribution in [0.3, 0.4) is 0 Å². The van der Waals surface area contributed by atoms with Crippen LogP contribution in [0.25, 0.3) is 11.4 Å². The molecule has 10 nitrogen and oxygen atoms in total. The average molecular weight is 543 g/mol. The van der Waals surface area contributed by atoms with Gasteiger partial charge in [-0.25, -0.2) is 23.0 Å². The number of aryl methyl sites for hydroxylation is 1. The lowest BCUT2D eigenvalue weighted by atomic mass is 10.0. The van der Waals surface area contributed by atoms with Crippen LogP contribution in [0, 0.1) is 17.5 Å². The molecule has 1 fully saturated rings. The van der Waals surface area contributed by atoms with Crippen molar-refractivity contribution in [2.75, 3.05) is 45.6 Å². The van der Waals surface area contributed by atoms with Crippen LogP contribution in [0.5, 0.6) is 5.75 Å². The molecule has 1 saturated heterocycles. The molecule has 13 heteroatoms. The molecule has 1 N–H and O–H groups in total. The number of aromatic nitrogens is 3. The SMILES string of the molecule is CN(C)CCNc1cnn(C)c1-c1cc(OC2CN(C(=O)N3N=CC[C@H]3c3cc(F)cc(F)c3)C2)c(F)cn1. The fraction of sp³-hybridized carbons (Fsp3) is 0.385. The first-order valence-corrected chi connectivity index (χ1v) is 12.5. The Balaban J connectivity index is 1.23. The van der Waals surface area contributed by atoms with Gasteiger partial charge < -0.3 is 19.9 Å². The molecule has 3 aromatic rings. The van der Waals surface area contributed by atoms with Gasteiger partial charge in [-0.3, -0.25) is 9.67 Å². The van der Waals surface area contributed by atoms with E-state index in [-0.39, 0.29) is 18.8 Å². The molecule has 0 saturated carbocycles. The van der Waals surface area contributed by atoms with E-state index in [1.807, 2.05) is 14.1 Å². The summed E-state index contributed by atoms with van der Waals surface area (Å²) in [5.41, 5.74) is 2.27. The van der Waals surface area contributed by atoms with E-state index in [4.69, 9.17) is 4.74 Å². The molecule has 5 rings (SSSR count). The number of nitrogens with one attached hydrogen (secondary N) is 1. The summed E-state index contributed by atoms with van der Waals surface area (Å²) in [4.78, 5) is 20.8. The standard InChI is InChI=1S/C26H29F3N8O2/c1-34(2)7-6-30-22-13-33-35(3)25(22)21-11-24(20(29)12-31-21)39-19-14-36(15-19)26(38)37-23(4-5-32-37)16-8-17(27)10-18(28)9-16/h5,8-13,19,23,30H,4,6-7,14-15H2,1-3H3/t23-/m0/s1. The number of halogens is 3. The number of nitrogens with zero attached hydrogens (tertiary/aromatic N) is 7. The third kappa shape index (κ3) is 5.67. The van der Waals surface area contributed by atoms with E-state index in [1.165, 1.54) is 34.3 Å². The van der Waals surface area contributed by atoms with E-state index in [0.29, 0.717) is 29.9 Å². The molecule has 1 aromatic carbocycles. The van der Waals surface area contributed by atoms with Gasteiger partial charge in [0.1, 0.15) is 23.4 Å². The number of hydrogen-bond acceptors (Lipinski definition) is 7. The number of hydrogen-bond donors (Lipinski definition) is 1. The van der Waals surface area contributed by atoms with Crippen LogP contribution < -0.4 is 10.1 Å². The van der Waals surface area contributed by atoms with Crippen LogP contribution in [-0.2, 0) is 7.05 Å². The lowest BCUT2D eigenvalue weighted by Crippen LogP contribution is -2.58. The van der Waals surface area contributed by atoms with Gasteiger partial charge in [-0.15, -0.1) is 0 Å². The fourth-order valence-corrected chi connectivity index (χ4v) is 4.56. The van der Waals surface area contributed by atoms with Crippen molar-refractivity contribution in [2.24, 2.45) is 12.1 Å². The van der Waals surface area contributed by atoms with E-state index in [9.17, 15) is 18.0 Å². The lowest BCUT2D eigenvalue weighted by Gasteiger charge is -2.41. The number of pyridine rings is 1. The minimum Gasteiger partial charge on any atom is -0.483 e.